The molecule has 4 heteroatoms. The molecular weight excluding hydrogens is 192 g/mol. The number of hydrogen-bond acceptors (Lipinski definition) is 1. The Balaban J connectivity index is 2.91. The van der Waals surface area contributed by atoms with Crippen molar-refractivity contribution in [1.82, 2.24) is 0 Å². The maximum atomic E-state index is 5.67. The summed E-state index contributed by atoms with van der Waals surface area (Å²) in [6.07, 6.45) is 4.87. The lowest BCUT2D eigenvalue weighted by Gasteiger charge is -1.87. The van der Waals surface area contributed by atoms with Crippen molar-refractivity contribution in [2.75, 3.05) is 0 Å². The highest BCUT2D eigenvalue weighted by molar-refractivity contribution is 6.41. The first-order valence-electron chi connectivity index (χ1n) is 2.62. The molecule has 10 heavy (non-hydrogen) atoms. The van der Waals surface area contributed by atoms with Crippen molar-refractivity contribution in [2.24, 2.45) is 4.99 Å². The zero-order valence-corrected chi connectivity index (χ0v) is 7.16. The third-order valence-corrected chi connectivity index (χ3v) is 1.91. The Kier molecular flexibility index (Phi) is 2.78. The fourth-order valence-electron chi connectivity index (χ4n) is 0.493. The van der Waals surface area contributed by atoms with E-state index in [1.54, 1.807) is 12.2 Å². The quantitative estimate of drug-likeness (QED) is 0.417. The summed E-state index contributed by atoms with van der Waals surface area (Å²) in [5, 5.41) is 0.479. The van der Waals surface area contributed by atoms with Crippen LogP contribution in [0.1, 0.15) is 0 Å². The molecular formula is C6H4Cl3N. The molecule has 0 amide bonds. The molecule has 0 saturated heterocycles. The van der Waals surface area contributed by atoms with Crippen LogP contribution in [0, 0.1) is 0 Å². The van der Waals surface area contributed by atoms with Crippen molar-refractivity contribution in [2.45, 2.75) is 5.38 Å². The van der Waals surface area contributed by atoms with Crippen LogP contribution >= 0.6 is 34.8 Å². The summed E-state index contributed by atoms with van der Waals surface area (Å²) < 4.78 is 0. The second kappa shape index (κ2) is 3.42. The van der Waals surface area contributed by atoms with Gasteiger partial charge in [-0.25, -0.2) is 4.99 Å². The fourth-order valence-corrected chi connectivity index (χ4v) is 0.863. The minimum Gasteiger partial charge on any atom is -0.245 e. The van der Waals surface area contributed by atoms with Gasteiger partial charge >= 0.3 is 0 Å². The molecule has 0 saturated carbocycles. The Morgan fingerprint density at radius 3 is 2.80 bits per heavy atom. The first-order chi connectivity index (χ1) is 4.70. The Labute approximate surface area is 74.0 Å². The Bertz CT molecular complexity index is 195. The summed E-state index contributed by atoms with van der Waals surface area (Å²) in [7, 11) is 0. The number of aliphatic imine (C=N–C) groups is 1. The first-order valence-corrected chi connectivity index (χ1v) is 3.81. The van der Waals surface area contributed by atoms with Crippen LogP contribution in [0.5, 0.6) is 0 Å². The van der Waals surface area contributed by atoms with Crippen LogP contribution in [0.2, 0.25) is 0 Å². The molecule has 1 aliphatic rings. The highest BCUT2D eigenvalue weighted by Gasteiger charge is 2.02. The van der Waals surface area contributed by atoms with E-state index in [-0.39, 0.29) is 10.5 Å². The van der Waals surface area contributed by atoms with Gasteiger partial charge in [0.1, 0.15) is 5.16 Å². The van der Waals surface area contributed by atoms with Gasteiger partial charge in [0.25, 0.3) is 0 Å². The molecule has 1 rings (SSSR count). The van der Waals surface area contributed by atoms with Gasteiger partial charge in [0.05, 0.1) is 10.4 Å². The summed E-state index contributed by atoms with van der Waals surface area (Å²) in [6.45, 7) is 0. The number of hydrogen-bond donors (Lipinski definition) is 0. The number of rotatable bonds is 0. The maximum Gasteiger partial charge on any atom is 0.147 e. The van der Waals surface area contributed by atoms with Gasteiger partial charge in [-0.15, -0.1) is 11.6 Å². The summed E-state index contributed by atoms with van der Waals surface area (Å²) in [5.41, 5.74) is 0. The van der Waals surface area contributed by atoms with Gasteiger partial charge in [-0.3, -0.25) is 0 Å². The second-order valence-corrected chi connectivity index (χ2v) is 2.99. The van der Waals surface area contributed by atoms with E-state index in [2.05, 4.69) is 4.99 Å². The predicted molar refractivity (Wildman–Crippen MR) is 46.0 cm³/mol. The van der Waals surface area contributed by atoms with E-state index >= 15 is 0 Å². The molecule has 0 N–H and O–H groups in total. The minimum atomic E-state index is -0.218. The van der Waals surface area contributed by atoms with Crippen LogP contribution < -0.4 is 0 Å². The third-order valence-electron chi connectivity index (χ3n) is 0.954. The monoisotopic (exact) mass is 195 g/mol. The minimum absolute atomic E-state index is 0.218. The fraction of sp³-hybridized carbons (Fsp3) is 0.167. The van der Waals surface area contributed by atoms with E-state index in [0.29, 0.717) is 5.03 Å². The number of nitrogens with zero attached hydrogens (tertiary/aromatic N) is 1. The normalized spacial score (nSPS) is 25.3. The lowest BCUT2D eigenvalue weighted by Crippen LogP contribution is -1.91. The molecule has 1 heterocycles. The standard InChI is InChI=1S/C6H4Cl3N/c7-4-1-2-5(8)6(9)10-3-4/h1-4H. The molecule has 1 unspecified atom stereocenters. The van der Waals surface area contributed by atoms with E-state index in [0.717, 1.165) is 0 Å². The van der Waals surface area contributed by atoms with Gasteiger partial charge in [-0.1, -0.05) is 29.3 Å². The van der Waals surface area contributed by atoms with Crippen molar-refractivity contribution in [1.29, 1.82) is 0 Å². The largest absolute Gasteiger partial charge is 0.245 e. The molecule has 1 aliphatic heterocycles. The lowest BCUT2D eigenvalue weighted by molar-refractivity contribution is 1.48. The molecule has 0 aromatic carbocycles. The maximum absolute atomic E-state index is 5.67. The molecule has 0 radical (unpaired) electrons. The molecule has 0 aliphatic carbocycles. The summed E-state index contributed by atoms with van der Waals surface area (Å²) in [6, 6.07) is 0. The van der Waals surface area contributed by atoms with Crippen LogP contribution in [0.15, 0.2) is 27.3 Å². The number of alkyl halides is 1. The van der Waals surface area contributed by atoms with Crippen LogP contribution in [0.25, 0.3) is 0 Å². The molecule has 54 valence electrons. The van der Waals surface area contributed by atoms with Crippen molar-refractivity contribution >= 4 is 41.0 Å². The average Bonchev–Trinajstić information content (AvgIpc) is 2.04. The van der Waals surface area contributed by atoms with E-state index in [9.17, 15) is 0 Å². The first kappa shape index (κ1) is 8.12. The van der Waals surface area contributed by atoms with Gasteiger partial charge in [-0.2, -0.15) is 0 Å². The Hall–Kier alpha value is 0.0200. The van der Waals surface area contributed by atoms with E-state index < -0.39 is 0 Å². The summed E-state index contributed by atoms with van der Waals surface area (Å²) in [5.74, 6) is 0. The summed E-state index contributed by atoms with van der Waals surface area (Å²) >= 11 is 16.9. The van der Waals surface area contributed by atoms with Crippen LogP contribution in [-0.2, 0) is 0 Å². The molecule has 0 fully saturated rings. The van der Waals surface area contributed by atoms with Gasteiger partial charge in [0, 0.05) is 6.21 Å². The molecule has 1 nitrogen and oxygen atoms in total. The van der Waals surface area contributed by atoms with Gasteiger partial charge in [0.15, 0.2) is 0 Å². The molecule has 0 aromatic rings. The smallest absolute Gasteiger partial charge is 0.147 e. The van der Waals surface area contributed by atoms with Crippen LogP contribution in [0.4, 0.5) is 0 Å². The lowest BCUT2D eigenvalue weighted by atomic mass is 10.4. The molecule has 0 aromatic heterocycles. The zero-order chi connectivity index (χ0) is 7.56. The van der Waals surface area contributed by atoms with Crippen molar-refractivity contribution in [3.63, 3.8) is 0 Å². The molecule has 1 atom stereocenters. The van der Waals surface area contributed by atoms with Gasteiger partial charge in [-0.05, 0) is 6.08 Å². The van der Waals surface area contributed by atoms with Crippen molar-refractivity contribution in [3.8, 4) is 0 Å². The van der Waals surface area contributed by atoms with E-state index in [4.69, 9.17) is 34.8 Å². The van der Waals surface area contributed by atoms with E-state index in [1.165, 1.54) is 6.21 Å². The highest BCUT2D eigenvalue weighted by Crippen LogP contribution is 2.19. The van der Waals surface area contributed by atoms with Crippen LogP contribution in [-0.4, -0.2) is 11.6 Å². The predicted octanol–water partition coefficient (Wildman–Crippen LogP) is 2.88. The topological polar surface area (TPSA) is 12.4 Å². The third kappa shape index (κ3) is 2.01. The van der Waals surface area contributed by atoms with E-state index in [1.807, 2.05) is 0 Å². The number of halogens is 3. The zero-order valence-electron chi connectivity index (χ0n) is 4.89. The Morgan fingerprint density at radius 1 is 1.40 bits per heavy atom. The SMILES string of the molecule is ClC1=C(Cl)N=CC(Cl)C=C1. The Morgan fingerprint density at radius 2 is 2.10 bits per heavy atom. The number of allylic oxidation sites excluding steroid dienone is 3. The van der Waals surface area contributed by atoms with Gasteiger partial charge in [0.2, 0.25) is 0 Å². The summed E-state index contributed by atoms with van der Waals surface area (Å²) in [4.78, 5) is 3.78. The second-order valence-electron chi connectivity index (χ2n) is 1.72. The molecule has 0 spiro atoms. The van der Waals surface area contributed by atoms with Crippen molar-refractivity contribution in [3.05, 3.63) is 22.3 Å². The molecule has 0 bridgehead atoms. The van der Waals surface area contributed by atoms with Gasteiger partial charge < -0.3 is 0 Å². The average molecular weight is 196 g/mol. The van der Waals surface area contributed by atoms with Crippen molar-refractivity contribution < 1.29 is 0 Å². The highest BCUT2D eigenvalue weighted by atomic mass is 35.5. The van der Waals surface area contributed by atoms with Crippen LogP contribution in [0.3, 0.4) is 0 Å².